The first kappa shape index (κ1) is 17.4. The predicted molar refractivity (Wildman–Crippen MR) is 96.1 cm³/mol. The lowest BCUT2D eigenvalue weighted by molar-refractivity contribution is -0.144. The molecular weight excluding hydrogens is 379 g/mol. The van der Waals surface area contributed by atoms with Crippen molar-refractivity contribution in [2.45, 2.75) is 24.5 Å². The Morgan fingerprint density at radius 2 is 2.00 bits per heavy atom. The molecule has 1 heterocycles. The highest BCUT2D eigenvalue weighted by molar-refractivity contribution is 6.35. The molecule has 1 saturated carbocycles. The quantitative estimate of drug-likeness (QED) is 0.628. The van der Waals surface area contributed by atoms with Gasteiger partial charge in [-0.05, 0) is 24.6 Å². The molecule has 8 heteroatoms. The van der Waals surface area contributed by atoms with Crippen LogP contribution in [0.4, 0.5) is 0 Å². The lowest BCUT2D eigenvalue weighted by Crippen LogP contribution is -2.43. The summed E-state index contributed by atoms with van der Waals surface area (Å²) in [4.78, 5) is 29.8. The number of carbonyl (C=O) groups excluding carboxylic acids is 2. The SMILES string of the molecule is COC(=O)C1C=C[C@H](NC(=O)C23CC2C(c2cc(Cl)cc(Cl)c2)=NO3)C1. The van der Waals surface area contributed by atoms with E-state index in [-0.39, 0.29) is 29.8 Å². The smallest absolute Gasteiger partial charge is 0.312 e. The molecular formula is C18H16Cl2N2O4. The van der Waals surface area contributed by atoms with Crippen molar-refractivity contribution in [3.8, 4) is 0 Å². The number of oxime groups is 1. The average Bonchev–Trinajstić information content (AvgIpc) is 2.98. The molecule has 0 bridgehead atoms. The number of ether oxygens (including phenoxy) is 1. The number of esters is 1. The third-order valence-electron chi connectivity index (χ3n) is 4.99. The first-order valence-electron chi connectivity index (χ1n) is 8.22. The van der Waals surface area contributed by atoms with Crippen molar-refractivity contribution in [1.29, 1.82) is 0 Å². The molecule has 0 aromatic heterocycles. The maximum atomic E-state index is 12.7. The number of rotatable bonds is 4. The zero-order chi connectivity index (χ0) is 18.5. The lowest BCUT2D eigenvalue weighted by Gasteiger charge is -2.16. The van der Waals surface area contributed by atoms with Gasteiger partial charge in [0.05, 0.1) is 24.7 Å². The van der Waals surface area contributed by atoms with Crippen LogP contribution in [-0.2, 0) is 19.2 Å². The van der Waals surface area contributed by atoms with Crippen LogP contribution in [-0.4, -0.2) is 36.3 Å². The van der Waals surface area contributed by atoms with Crippen LogP contribution in [0.1, 0.15) is 18.4 Å². The third-order valence-corrected chi connectivity index (χ3v) is 5.43. The zero-order valence-corrected chi connectivity index (χ0v) is 15.4. The number of hydrogen-bond acceptors (Lipinski definition) is 5. The van der Waals surface area contributed by atoms with Gasteiger partial charge in [-0.1, -0.05) is 40.5 Å². The molecule has 6 nitrogen and oxygen atoms in total. The fraction of sp³-hybridized carbons (Fsp3) is 0.389. The van der Waals surface area contributed by atoms with Gasteiger partial charge in [-0.3, -0.25) is 9.59 Å². The maximum absolute atomic E-state index is 12.7. The largest absolute Gasteiger partial charge is 0.469 e. The molecule has 136 valence electrons. The third kappa shape index (κ3) is 2.87. The minimum Gasteiger partial charge on any atom is -0.469 e. The van der Waals surface area contributed by atoms with E-state index in [9.17, 15) is 9.59 Å². The second-order valence-corrected chi connectivity index (χ2v) is 7.58. The van der Waals surface area contributed by atoms with Crippen LogP contribution in [0.15, 0.2) is 35.5 Å². The Labute approximate surface area is 160 Å². The Bertz CT molecular complexity index is 833. The lowest BCUT2D eigenvalue weighted by atomic mass is 10.0. The minimum atomic E-state index is -0.971. The number of fused-ring (bicyclic) bond motifs is 1. The predicted octanol–water partition coefficient (Wildman–Crippen LogP) is 2.72. The molecule has 1 N–H and O–H groups in total. The summed E-state index contributed by atoms with van der Waals surface area (Å²) in [5.41, 5.74) is 0.464. The summed E-state index contributed by atoms with van der Waals surface area (Å²) in [7, 11) is 1.35. The van der Waals surface area contributed by atoms with Gasteiger partial charge >= 0.3 is 5.97 Å². The summed E-state index contributed by atoms with van der Waals surface area (Å²) < 4.78 is 4.73. The van der Waals surface area contributed by atoms with Gasteiger partial charge in [0, 0.05) is 28.1 Å². The van der Waals surface area contributed by atoms with Gasteiger partial charge in [0.25, 0.3) is 5.91 Å². The van der Waals surface area contributed by atoms with Gasteiger partial charge in [0.15, 0.2) is 0 Å². The number of carbonyl (C=O) groups is 2. The molecule has 1 fully saturated rings. The van der Waals surface area contributed by atoms with Gasteiger partial charge < -0.3 is 14.9 Å². The second-order valence-electron chi connectivity index (χ2n) is 6.70. The molecule has 0 spiro atoms. The second kappa shape index (κ2) is 6.28. The monoisotopic (exact) mass is 394 g/mol. The molecule has 2 aliphatic carbocycles. The Morgan fingerprint density at radius 3 is 2.65 bits per heavy atom. The van der Waals surface area contributed by atoms with E-state index < -0.39 is 5.60 Å². The molecule has 1 aromatic carbocycles. The molecule has 3 aliphatic rings. The highest BCUT2D eigenvalue weighted by atomic mass is 35.5. The molecule has 1 aromatic rings. The molecule has 26 heavy (non-hydrogen) atoms. The average molecular weight is 395 g/mol. The van der Waals surface area contributed by atoms with E-state index in [0.29, 0.717) is 28.6 Å². The first-order chi connectivity index (χ1) is 12.4. The molecule has 1 aliphatic heterocycles. The van der Waals surface area contributed by atoms with Crippen LogP contribution in [0.25, 0.3) is 0 Å². The summed E-state index contributed by atoms with van der Waals surface area (Å²) >= 11 is 12.1. The van der Waals surface area contributed by atoms with Crippen LogP contribution in [0, 0.1) is 11.8 Å². The molecule has 3 unspecified atom stereocenters. The minimum absolute atomic E-state index is 0.126. The van der Waals surface area contributed by atoms with Gasteiger partial charge in [0.2, 0.25) is 5.60 Å². The topological polar surface area (TPSA) is 77.0 Å². The fourth-order valence-electron chi connectivity index (χ4n) is 3.53. The highest BCUT2D eigenvalue weighted by Crippen LogP contribution is 2.54. The van der Waals surface area contributed by atoms with Crippen molar-refractivity contribution in [1.82, 2.24) is 5.32 Å². The highest BCUT2D eigenvalue weighted by Gasteiger charge is 2.69. The number of hydrogen-bond donors (Lipinski definition) is 1. The van der Waals surface area contributed by atoms with Crippen molar-refractivity contribution in [2.75, 3.05) is 7.11 Å². The van der Waals surface area contributed by atoms with Gasteiger partial charge in [-0.15, -0.1) is 0 Å². The molecule has 4 atom stereocenters. The Hall–Kier alpha value is -2.05. The van der Waals surface area contributed by atoms with Crippen LogP contribution >= 0.6 is 23.2 Å². The number of benzene rings is 1. The summed E-state index contributed by atoms with van der Waals surface area (Å²) in [6, 6.07) is 4.92. The maximum Gasteiger partial charge on any atom is 0.312 e. The number of methoxy groups -OCH3 is 1. The summed E-state index contributed by atoms with van der Waals surface area (Å²) in [5.74, 6) is -0.989. The van der Waals surface area contributed by atoms with E-state index >= 15 is 0 Å². The van der Waals surface area contributed by atoms with E-state index in [1.54, 1.807) is 30.4 Å². The number of nitrogens with zero attached hydrogens (tertiary/aromatic N) is 1. The number of amides is 1. The van der Waals surface area contributed by atoms with Crippen molar-refractivity contribution in [2.24, 2.45) is 17.0 Å². The van der Waals surface area contributed by atoms with Crippen LogP contribution in [0.2, 0.25) is 10.0 Å². The summed E-state index contributed by atoms with van der Waals surface area (Å²) in [5, 5.41) is 8.02. The van der Waals surface area contributed by atoms with Crippen LogP contribution in [0.5, 0.6) is 0 Å². The zero-order valence-electron chi connectivity index (χ0n) is 13.9. The van der Waals surface area contributed by atoms with Crippen molar-refractivity contribution < 1.29 is 19.2 Å². The molecule has 0 saturated heterocycles. The van der Waals surface area contributed by atoms with E-state index in [2.05, 4.69) is 10.5 Å². The van der Waals surface area contributed by atoms with Crippen molar-refractivity contribution >= 4 is 40.8 Å². The molecule has 0 radical (unpaired) electrons. The van der Waals surface area contributed by atoms with Gasteiger partial charge in [0.1, 0.15) is 0 Å². The Balaban J connectivity index is 1.41. The summed E-state index contributed by atoms with van der Waals surface area (Å²) in [6.07, 6.45) is 4.60. The van der Waals surface area contributed by atoms with Crippen LogP contribution in [0.3, 0.4) is 0 Å². The van der Waals surface area contributed by atoms with E-state index in [1.165, 1.54) is 7.11 Å². The molecule has 1 amide bonds. The van der Waals surface area contributed by atoms with Crippen LogP contribution < -0.4 is 5.32 Å². The Morgan fingerprint density at radius 1 is 1.27 bits per heavy atom. The van der Waals surface area contributed by atoms with E-state index in [0.717, 1.165) is 5.56 Å². The number of halogens is 2. The Kier molecular flexibility index (Phi) is 4.20. The molecule has 4 rings (SSSR count). The summed E-state index contributed by atoms with van der Waals surface area (Å²) in [6.45, 7) is 0. The number of nitrogens with one attached hydrogen (secondary N) is 1. The van der Waals surface area contributed by atoms with Gasteiger partial charge in [-0.25, -0.2) is 0 Å². The van der Waals surface area contributed by atoms with E-state index in [1.807, 2.05) is 0 Å². The standard InChI is InChI=1S/C18H16Cl2N2O4/c1-25-16(23)9-2-3-13(6-9)21-17(24)18-8-14(18)15(22-26-18)10-4-11(19)7-12(20)5-10/h2-5,7,9,13-14H,6,8H2,1H3,(H,21,24)/t9?,13-,14?,18?/m0/s1. The van der Waals surface area contributed by atoms with Crippen molar-refractivity contribution in [3.05, 3.63) is 46.0 Å². The normalized spacial score (nSPS) is 31.0. The van der Waals surface area contributed by atoms with Crippen molar-refractivity contribution in [3.63, 3.8) is 0 Å². The van der Waals surface area contributed by atoms with Gasteiger partial charge in [-0.2, -0.15) is 0 Å². The van der Waals surface area contributed by atoms with E-state index in [4.69, 9.17) is 32.8 Å². The first-order valence-corrected chi connectivity index (χ1v) is 8.98. The fourth-order valence-corrected chi connectivity index (χ4v) is 4.05.